The summed E-state index contributed by atoms with van der Waals surface area (Å²) in [4.78, 5) is 13.4. The highest BCUT2D eigenvalue weighted by Gasteiger charge is 2.13. The van der Waals surface area contributed by atoms with E-state index in [4.69, 9.17) is 5.73 Å². The number of rotatable bonds is 3. The Labute approximate surface area is 96.0 Å². The zero-order valence-corrected chi connectivity index (χ0v) is 10.2. The van der Waals surface area contributed by atoms with E-state index in [0.29, 0.717) is 5.56 Å². The van der Waals surface area contributed by atoms with Crippen molar-refractivity contribution in [2.24, 2.45) is 5.73 Å². The van der Waals surface area contributed by atoms with Crippen molar-refractivity contribution in [2.45, 2.75) is 13.0 Å². The van der Waals surface area contributed by atoms with Crippen LogP contribution in [0.2, 0.25) is 0 Å². The first-order valence-corrected chi connectivity index (χ1v) is 5.12. The Morgan fingerprint density at radius 3 is 2.50 bits per heavy atom. The van der Waals surface area contributed by atoms with Crippen LogP contribution in [0.25, 0.3) is 0 Å². The van der Waals surface area contributed by atoms with Crippen molar-refractivity contribution >= 4 is 11.7 Å². The summed E-state index contributed by atoms with van der Waals surface area (Å²) in [5.74, 6) is -0.341. The van der Waals surface area contributed by atoms with Crippen molar-refractivity contribution in [3.8, 4) is 0 Å². The number of anilines is 1. The van der Waals surface area contributed by atoms with Crippen molar-refractivity contribution in [1.82, 2.24) is 0 Å². The molecule has 0 saturated carbocycles. The van der Waals surface area contributed by atoms with Gasteiger partial charge in [0, 0.05) is 25.8 Å². The molecule has 0 unspecified atom stereocenters. The van der Waals surface area contributed by atoms with E-state index in [-0.39, 0.29) is 12.0 Å². The quantitative estimate of drug-likeness (QED) is 0.788. The fourth-order valence-electron chi connectivity index (χ4n) is 1.57. The van der Waals surface area contributed by atoms with Gasteiger partial charge >= 0.3 is 5.97 Å². The van der Waals surface area contributed by atoms with E-state index in [0.717, 1.165) is 11.3 Å². The normalized spacial score (nSPS) is 12.1. The molecule has 1 rings (SSSR count). The van der Waals surface area contributed by atoms with Gasteiger partial charge in [0.05, 0.1) is 12.7 Å². The molecule has 0 aromatic heterocycles. The van der Waals surface area contributed by atoms with E-state index < -0.39 is 0 Å². The topological polar surface area (TPSA) is 55.6 Å². The molecular weight excluding hydrogens is 204 g/mol. The molecule has 1 atom stereocenters. The number of carbonyl (C=O) groups excluding carboxylic acids is 1. The maximum Gasteiger partial charge on any atom is 0.337 e. The Bertz CT molecular complexity index is 387. The lowest BCUT2D eigenvalue weighted by molar-refractivity contribution is 0.0600. The second-order valence-electron chi connectivity index (χ2n) is 3.95. The first-order valence-electron chi connectivity index (χ1n) is 5.12. The van der Waals surface area contributed by atoms with Crippen LogP contribution in [0, 0.1) is 0 Å². The molecule has 0 amide bonds. The van der Waals surface area contributed by atoms with Gasteiger partial charge in [-0.1, -0.05) is 0 Å². The lowest BCUT2D eigenvalue weighted by Gasteiger charge is -2.20. The molecule has 1 aromatic rings. The highest BCUT2D eigenvalue weighted by Crippen LogP contribution is 2.25. The molecule has 4 nitrogen and oxygen atoms in total. The molecule has 88 valence electrons. The zero-order valence-electron chi connectivity index (χ0n) is 10.2. The van der Waals surface area contributed by atoms with Crippen LogP contribution in [0.1, 0.15) is 28.9 Å². The Hall–Kier alpha value is -1.55. The van der Waals surface area contributed by atoms with Crippen LogP contribution in [-0.2, 0) is 4.74 Å². The summed E-state index contributed by atoms with van der Waals surface area (Å²) in [5.41, 5.74) is 8.37. The smallest absolute Gasteiger partial charge is 0.337 e. The molecular formula is C12H18N2O2. The average molecular weight is 222 g/mol. The van der Waals surface area contributed by atoms with E-state index in [1.165, 1.54) is 7.11 Å². The van der Waals surface area contributed by atoms with Gasteiger partial charge in [-0.05, 0) is 30.7 Å². The standard InChI is InChI=1S/C12H18N2O2/c1-8(13)10-7-9(12(15)16-4)5-6-11(10)14(2)3/h5-8H,13H2,1-4H3/t8-/m0/s1. The second kappa shape index (κ2) is 4.99. The van der Waals surface area contributed by atoms with Crippen molar-refractivity contribution in [2.75, 3.05) is 26.1 Å². The molecule has 0 fully saturated rings. The van der Waals surface area contributed by atoms with Crippen molar-refractivity contribution in [3.63, 3.8) is 0 Å². The number of ether oxygens (including phenoxy) is 1. The van der Waals surface area contributed by atoms with Gasteiger partial charge in [0.1, 0.15) is 0 Å². The SMILES string of the molecule is COC(=O)c1ccc(N(C)C)c([C@H](C)N)c1. The van der Waals surface area contributed by atoms with Gasteiger partial charge in [0.15, 0.2) is 0 Å². The van der Waals surface area contributed by atoms with Crippen LogP contribution < -0.4 is 10.6 Å². The summed E-state index contributed by atoms with van der Waals surface area (Å²) < 4.78 is 4.68. The molecule has 2 N–H and O–H groups in total. The highest BCUT2D eigenvalue weighted by atomic mass is 16.5. The molecule has 0 aliphatic heterocycles. The van der Waals surface area contributed by atoms with E-state index in [2.05, 4.69) is 4.74 Å². The number of benzene rings is 1. The molecule has 0 saturated heterocycles. The van der Waals surface area contributed by atoms with Gasteiger partial charge in [-0.2, -0.15) is 0 Å². The van der Waals surface area contributed by atoms with Crippen LogP contribution in [0.4, 0.5) is 5.69 Å². The van der Waals surface area contributed by atoms with Crippen molar-refractivity contribution in [1.29, 1.82) is 0 Å². The minimum Gasteiger partial charge on any atom is -0.465 e. The number of nitrogens with two attached hydrogens (primary N) is 1. The predicted octanol–water partition coefficient (Wildman–Crippen LogP) is 1.56. The molecule has 0 aliphatic rings. The Kier molecular flexibility index (Phi) is 3.90. The first-order chi connectivity index (χ1) is 7.47. The molecule has 0 bridgehead atoms. The summed E-state index contributed by atoms with van der Waals surface area (Å²) in [7, 11) is 5.26. The van der Waals surface area contributed by atoms with E-state index in [9.17, 15) is 4.79 Å². The van der Waals surface area contributed by atoms with E-state index in [1.54, 1.807) is 12.1 Å². The van der Waals surface area contributed by atoms with Crippen LogP contribution in [0.3, 0.4) is 0 Å². The van der Waals surface area contributed by atoms with Crippen LogP contribution in [-0.4, -0.2) is 27.2 Å². The summed E-state index contributed by atoms with van der Waals surface area (Å²) in [6.45, 7) is 1.89. The number of methoxy groups -OCH3 is 1. The predicted molar refractivity (Wildman–Crippen MR) is 64.7 cm³/mol. The number of hydrogen-bond acceptors (Lipinski definition) is 4. The van der Waals surface area contributed by atoms with Crippen LogP contribution in [0.15, 0.2) is 18.2 Å². The molecule has 4 heteroatoms. The lowest BCUT2D eigenvalue weighted by Crippen LogP contribution is -2.16. The molecule has 0 heterocycles. The van der Waals surface area contributed by atoms with Gasteiger partial charge in [0.25, 0.3) is 0 Å². The molecule has 1 aromatic carbocycles. The van der Waals surface area contributed by atoms with Crippen LogP contribution >= 0.6 is 0 Å². The third-order valence-corrected chi connectivity index (χ3v) is 2.42. The van der Waals surface area contributed by atoms with E-state index in [1.807, 2.05) is 32.0 Å². The Morgan fingerprint density at radius 2 is 2.06 bits per heavy atom. The summed E-state index contributed by atoms with van der Waals surface area (Å²) in [6, 6.07) is 5.28. The zero-order chi connectivity index (χ0) is 12.3. The van der Waals surface area contributed by atoms with E-state index >= 15 is 0 Å². The van der Waals surface area contributed by atoms with Crippen molar-refractivity contribution < 1.29 is 9.53 Å². The largest absolute Gasteiger partial charge is 0.465 e. The first kappa shape index (κ1) is 12.5. The second-order valence-corrected chi connectivity index (χ2v) is 3.95. The summed E-state index contributed by atoms with van der Waals surface area (Å²) in [5, 5.41) is 0. The molecule has 16 heavy (non-hydrogen) atoms. The maximum atomic E-state index is 11.4. The van der Waals surface area contributed by atoms with Gasteiger partial charge in [-0.15, -0.1) is 0 Å². The number of nitrogens with zero attached hydrogens (tertiary/aromatic N) is 1. The fourth-order valence-corrected chi connectivity index (χ4v) is 1.57. The van der Waals surface area contributed by atoms with Crippen molar-refractivity contribution in [3.05, 3.63) is 29.3 Å². The number of esters is 1. The Balaban J connectivity index is 3.22. The summed E-state index contributed by atoms with van der Waals surface area (Å²) in [6.07, 6.45) is 0. The monoisotopic (exact) mass is 222 g/mol. The van der Waals surface area contributed by atoms with Gasteiger partial charge < -0.3 is 15.4 Å². The van der Waals surface area contributed by atoms with Gasteiger partial charge in [0.2, 0.25) is 0 Å². The minimum absolute atomic E-state index is 0.123. The number of hydrogen-bond donors (Lipinski definition) is 1. The van der Waals surface area contributed by atoms with Crippen LogP contribution in [0.5, 0.6) is 0 Å². The van der Waals surface area contributed by atoms with Gasteiger partial charge in [-0.25, -0.2) is 4.79 Å². The van der Waals surface area contributed by atoms with Gasteiger partial charge in [-0.3, -0.25) is 0 Å². The molecule has 0 aliphatic carbocycles. The fraction of sp³-hybridized carbons (Fsp3) is 0.417. The highest BCUT2D eigenvalue weighted by molar-refractivity contribution is 5.90. The maximum absolute atomic E-state index is 11.4. The molecule has 0 spiro atoms. The third kappa shape index (κ3) is 2.52. The average Bonchev–Trinajstić information content (AvgIpc) is 2.26. The Morgan fingerprint density at radius 1 is 1.44 bits per heavy atom. The minimum atomic E-state index is -0.341. The summed E-state index contributed by atoms with van der Waals surface area (Å²) >= 11 is 0. The lowest BCUT2D eigenvalue weighted by atomic mass is 10.0. The molecule has 0 radical (unpaired) electrons. The number of carbonyl (C=O) groups is 1. The third-order valence-electron chi connectivity index (χ3n) is 2.42.